The molecule has 0 atom stereocenters. The predicted molar refractivity (Wildman–Crippen MR) is 102 cm³/mol. The van der Waals surface area contributed by atoms with Gasteiger partial charge in [-0.1, -0.05) is 24.3 Å². The van der Waals surface area contributed by atoms with Gasteiger partial charge in [-0.2, -0.15) is 0 Å². The molecular weight excluding hydrogens is 346 g/mol. The molecule has 0 unspecified atom stereocenters. The lowest BCUT2D eigenvalue weighted by molar-refractivity contribution is -0.121. The summed E-state index contributed by atoms with van der Waals surface area (Å²) in [6.07, 6.45) is -0.178. The second kappa shape index (κ2) is 8.27. The molecule has 3 N–H and O–H groups in total. The summed E-state index contributed by atoms with van der Waals surface area (Å²) < 4.78 is 10.4. The highest BCUT2D eigenvalue weighted by molar-refractivity contribution is 5.87. The third-order valence-electron chi connectivity index (χ3n) is 4.10. The maximum Gasteiger partial charge on any atom is 0.411 e. The molecule has 0 fully saturated rings. The first-order chi connectivity index (χ1) is 13.0. The van der Waals surface area contributed by atoms with Crippen molar-refractivity contribution in [1.82, 2.24) is 10.9 Å². The van der Waals surface area contributed by atoms with E-state index in [1.54, 1.807) is 19.2 Å². The summed E-state index contributed by atoms with van der Waals surface area (Å²) in [7, 11) is 1.59. The first kappa shape index (κ1) is 18.3. The lowest BCUT2D eigenvalue weighted by Gasteiger charge is -2.21. The third-order valence-corrected chi connectivity index (χ3v) is 4.10. The van der Waals surface area contributed by atoms with Crippen LogP contribution in [-0.2, 0) is 16.1 Å². The van der Waals surface area contributed by atoms with Gasteiger partial charge >= 0.3 is 6.09 Å². The molecule has 140 valence electrons. The van der Waals surface area contributed by atoms with Gasteiger partial charge in [-0.3, -0.25) is 21.0 Å². The SMILES string of the molecule is COc1cccc(COC(=O)Nc2ccc(C3=C(C)CC(=O)NN3)cc2)c1. The van der Waals surface area contributed by atoms with E-state index in [0.29, 0.717) is 17.9 Å². The predicted octanol–water partition coefficient (Wildman–Crippen LogP) is 3.20. The van der Waals surface area contributed by atoms with Gasteiger partial charge in [0.1, 0.15) is 12.4 Å². The van der Waals surface area contributed by atoms with Gasteiger partial charge < -0.3 is 9.47 Å². The Hall–Kier alpha value is -3.48. The molecule has 0 aliphatic carbocycles. The van der Waals surface area contributed by atoms with Gasteiger partial charge in [0.2, 0.25) is 5.91 Å². The minimum absolute atomic E-state index is 0.0617. The molecule has 2 aromatic rings. The number of carbonyl (C=O) groups is 2. The molecule has 3 rings (SSSR count). The number of methoxy groups -OCH3 is 1. The molecule has 0 saturated heterocycles. The van der Waals surface area contributed by atoms with E-state index >= 15 is 0 Å². The van der Waals surface area contributed by atoms with E-state index in [1.165, 1.54) is 0 Å². The topological polar surface area (TPSA) is 88.7 Å². The molecule has 7 nitrogen and oxygen atoms in total. The molecule has 0 bridgehead atoms. The maximum absolute atomic E-state index is 12.0. The molecule has 0 radical (unpaired) electrons. The van der Waals surface area contributed by atoms with Crippen LogP contribution in [0.1, 0.15) is 24.5 Å². The standard InChI is InChI=1S/C20H21N3O4/c1-13-10-18(24)22-23-19(13)15-6-8-16(9-7-15)21-20(25)27-12-14-4-3-5-17(11-14)26-2/h3-9,11,23H,10,12H2,1-2H3,(H,21,25)(H,22,24). The van der Waals surface area contributed by atoms with Crippen molar-refractivity contribution in [3.8, 4) is 5.75 Å². The molecule has 27 heavy (non-hydrogen) atoms. The fourth-order valence-corrected chi connectivity index (χ4v) is 2.72. The van der Waals surface area contributed by atoms with Crippen molar-refractivity contribution in [2.45, 2.75) is 20.0 Å². The molecule has 1 aliphatic rings. The normalized spacial score (nSPS) is 13.5. The number of hydrogen-bond donors (Lipinski definition) is 3. The number of hydrazine groups is 1. The summed E-state index contributed by atoms with van der Waals surface area (Å²) in [6, 6.07) is 14.6. The minimum atomic E-state index is -0.538. The molecule has 0 aromatic heterocycles. The molecular formula is C20H21N3O4. The molecule has 0 spiro atoms. The van der Waals surface area contributed by atoms with Crippen LogP contribution in [0.2, 0.25) is 0 Å². The van der Waals surface area contributed by atoms with Crippen molar-refractivity contribution < 1.29 is 19.1 Å². The second-order valence-electron chi connectivity index (χ2n) is 6.14. The Bertz CT molecular complexity index is 875. The van der Waals surface area contributed by atoms with Crippen LogP contribution in [0.5, 0.6) is 5.75 Å². The Morgan fingerprint density at radius 1 is 1.15 bits per heavy atom. The van der Waals surface area contributed by atoms with Gasteiger partial charge in [0, 0.05) is 5.69 Å². The summed E-state index contributed by atoms with van der Waals surface area (Å²) >= 11 is 0. The number of amides is 2. The number of hydrogen-bond acceptors (Lipinski definition) is 5. The van der Waals surface area contributed by atoms with Gasteiger partial charge in [-0.05, 0) is 47.9 Å². The van der Waals surface area contributed by atoms with E-state index in [9.17, 15) is 9.59 Å². The van der Waals surface area contributed by atoms with Crippen LogP contribution in [-0.4, -0.2) is 19.1 Å². The average molecular weight is 367 g/mol. The van der Waals surface area contributed by atoms with Gasteiger partial charge in [0.25, 0.3) is 0 Å². The Morgan fingerprint density at radius 3 is 2.63 bits per heavy atom. The van der Waals surface area contributed by atoms with Crippen LogP contribution < -0.4 is 20.9 Å². The fourth-order valence-electron chi connectivity index (χ4n) is 2.72. The molecule has 2 aromatic carbocycles. The summed E-state index contributed by atoms with van der Waals surface area (Å²) in [6.45, 7) is 2.06. The maximum atomic E-state index is 12.0. The molecule has 2 amide bonds. The van der Waals surface area contributed by atoms with Crippen molar-refractivity contribution in [2.24, 2.45) is 0 Å². The van der Waals surface area contributed by atoms with Crippen LogP contribution in [0.25, 0.3) is 5.70 Å². The minimum Gasteiger partial charge on any atom is -0.497 e. The average Bonchev–Trinajstić information content (AvgIpc) is 2.67. The summed E-state index contributed by atoms with van der Waals surface area (Å²) in [5, 5.41) is 2.69. The second-order valence-corrected chi connectivity index (χ2v) is 6.14. The van der Waals surface area contributed by atoms with Gasteiger partial charge in [-0.25, -0.2) is 4.79 Å². The molecule has 1 aliphatic heterocycles. The Labute approximate surface area is 157 Å². The number of benzene rings is 2. The summed E-state index contributed by atoms with van der Waals surface area (Å²) in [5.41, 5.74) is 9.70. The smallest absolute Gasteiger partial charge is 0.411 e. The fraction of sp³-hybridized carbons (Fsp3) is 0.200. The van der Waals surface area contributed by atoms with E-state index < -0.39 is 6.09 Å². The molecule has 1 heterocycles. The quantitative estimate of drug-likeness (QED) is 0.755. The Balaban J connectivity index is 1.57. The van der Waals surface area contributed by atoms with Crippen LogP contribution in [0.3, 0.4) is 0 Å². The van der Waals surface area contributed by atoms with E-state index in [1.807, 2.05) is 43.3 Å². The first-order valence-electron chi connectivity index (χ1n) is 8.47. The Morgan fingerprint density at radius 2 is 1.93 bits per heavy atom. The highest BCUT2D eigenvalue weighted by Gasteiger charge is 2.15. The molecule has 7 heteroatoms. The third kappa shape index (κ3) is 4.78. The number of anilines is 1. The van der Waals surface area contributed by atoms with E-state index in [0.717, 1.165) is 22.4 Å². The van der Waals surface area contributed by atoms with Crippen molar-refractivity contribution in [1.29, 1.82) is 0 Å². The lowest BCUT2D eigenvalue weighted by Crippen LogP contribution is -2.40. The van der Waals surface area contributed by atoms with Gasteiger partial charge in [0.05, 0.1) is 19.2 Å². The highest BCUT2D eigenvalue weighted by atomic mass is 16.5. The van der Waals surface area contributed by atoms with Crippen LogP contribution >= 0.6 is 0 Å². The van der Waals surface area contributed by atoms with E-state index in [2.05, 4.69) is 16.2 Å². The number of nitrogens with one attached hydrogen (secondary N) is 3. The van der Waals surface area contributed by atoms with Crippen LogP contribution in [0, 0.1) is 0 Å². The molecule has 0 saturated carbocycles. The Kier molecular flexibility index (Phi) is 5.61. The van der Waals surface area contributed by atoms with Crippen molar-refractivity contribution >= 4 is 23.4 Å². The van der Waals surface area contributed by atoms with Crippen molar-refractivity contribution in [2.75, 3.05) is 12.4 Å². The summed E-state index contributed by atoms with van der Waals surface area (Å²) in [4.78, 5) is 23.3. The zero-order chi connectivity index (χ0) is 19.2. The van der Waals surface area contributed by atoms with Gasteiger partial charge in [0.15, 0.2) is 0 Å². The van der Waals surface area contributed by atoms with Crippen molar-refractivity contribution in [3.63, 3.8) is 0 Å². The first-order valence-corrected chi connectivity index (χ1v) is 8.47. The number of ether oxygens (including phenoxy) is 2. The monoisotopic (exact) mass is 367 g/mol. The number of rotatable bonds is 5. The largest absolute Gasteiger partial charge is 0.497 e. The van der Waals surface area contributed by atoms with E-state index in [-0.39, 0.29) is 12.5 Å². The van der Waals surface area contributed by atoms with Crippen LogP contribution in [0.4, 0.5) is 10.5 Å². The van der Waals surface area contributed by atoms with Crippen LogP contribution in [0.15, 0.2) is 54.1 Å². The lowest BCUT2D eigenvalue weighted by atomic mass is 10.0. The zero-order valence-corrected chi connectivity index (χ0v) is 15.2. The number of carbonyl (C=O) groups excluding carboxylic acids is 2. The zero-order valence-electron chi connectivity index (χ0n) is 15.2. The summed E-state index contributed by atoms with van der Waals surface area (Å²) in [5.74, 6) is 0.650. The highest BCUT2D eigenvalue weighted by Crippen LogP contribution is 2.22. The van der Waals surface area contributed by atoms with Gasteiger partial charge in [-0.15, -0.1) is 0 Å². The van der Waals surface area contributed by atoms with E-state index in [4.69, 9.17) is 9.47 Å². The van der Waals surface area contributed by atoms with Crippen molar-refractivity contribution in [3.05, 3.63) is 65.2 Å².